The van der Waals surface area contributed by atoms with Crippen LogP contribution in [0.25, 0.3) is 0 Å². The molecule has 1 amide bonds. The maximum atomic E-state index is 11.5. The van der Waals surface area contributed by atoms with E-state index < -0.39 is 0 Å². The van der Waals surface area contributed by atoms with Crippen molar-refractivity contribution in [2.75, 3.05) is 6.61 Å². The molecule has 0 aliphatic carbocycles. The van der Waals surface area contributed by atoms with Crippen LogP contribution in [0.3, 0.4) is 0 Å². The summed E-state index contributed by atoms with van der Waals surface area (Å²) >= 11 is 0. The van der Waals surface area contributed by atoms with E-state index >= 15 is 0 Å². The highest BCUT2D eigenvalue weighted by atomic mass is 16.5. The first-order valence-electron chi connectivity index (χ1n) is 5.52. The van der Waals surface area contributed by atoms with E-state index in [1.165, 1.54) is 0 Å². The third-order valence-electron chi connectivity index (χ3n) is 2.13. The molecule has 0 atom stereocenters. The van der Waals surface area contributed by atoms with Crippen molar-refractivity contribution in [2.45, 2.75) is 33.2 Å². The minimum absolute atomic E-state index is 0.0540. The van der Waals surface area contributed by atoms with Crippen molar-refractivity contribution < 1.29 is 14.6 Å². The largest absolute Gasteiger partial charge is 0.508 e. The molecule has 4 heteroatoms. The Labute approximate surface area is 102 Å². The van der Waals surface area contributed by atoms with E-state index in [2.05, 4.69) is 5.32 Å². The lowest BCUT2D eigenvalue weighted by Crippen LogP contribution is -2.43. The second-order valence-corrected chi connectivity index (χ2v) is 4.99. The maximum Gasteiger partial charge on any atom is 0.258 e. The Morgan fingerprint density at radius 3 is 2.65 bits per heavy atom. The molecule has 0 radical (unpaired) electrons. The second-order valence-electron chi connectivity index (χ2n) is 4.99. The molecule has 0 aliphatic rings. The summed E-state index contributed by atoms with van der Waals surface area (Å²) < 4.78 is 5.35. The summed E-state index contributed by atoms with van der Waals surface area (Å²) in [5.41, 5.74) is 0.366. The number of hydrogen-bond donors (Lipinski definition) is 2. The zero-order valence-corrected chi connectivity index (χ0v) is 10.7. The van der Waals surface area contributed by atoms with E-state index in [1.54, 1.807) is 25.1 Å². The highest BCUT2D eigenvalue weighted by Gasteiger charge is 2.14. The van der Waals surface area contributed by atoms with Crippen molar-refractivity contribution in [1.82, 2.24) is 5.32 Å². The number of hydrogen-bond acceptors (Lipinski definition) is 3. The SMILES string of the molecule is Cc1c(O)cccc1OCC(=O)NC(C)(C)C. The number of ether oxygens (including phenoxy) is 1. The van der Waals surface area contributed by atoms with Gasteiger partial charge in [0.15, 0.2) is 6.61 Å². The fourth-order valence-corrected chi connectivity index (χ4v) is 1.36. The number of carbonyl (C=O) groups excluding carboxylic acids is 1. The molecule has 0 spiro atoms. The van der Waals surface area contributed by atoms with Crippen LogP contribution in [0.1, 0.15) is 26.3 Å². The number of phenols is 1. The molecule has 0 saturated carbocycles. The molecule has 0 saturated heterocycles. The monoisotopic (exact) mass is 237 g/mol. The third-order valence-corrected chi connectivity index (χ3v) is 2.13. The Morgan fingerprint density at radius 1 is 1.41 bits per heavy atom. The molecule has 0 aliphatic heterocycles. The van der Waals surface area contributed by atoms with Crippen molar-refractivity contribution in [3.63, 3.8) is 0 Å². The Bertz CT molecular complexity index is 408. The van der Waals surface area contributed by atoms with Crippen LogP contribution in [0.2, 0.25) is 0 Å². The first-order valence-corrected chi connectivity index (χ1v) is 5.52. The van der Waals surface area contributed by atoms with Gasteiger partial charge in [0, 0.05) is 11.1 Å². The predicted octanol–water partition coefficient (Wildman–Crippen LogP) is 1.99. The number of phenolic OH excluding ortho intramolecular Hbond substituents is 1. The van der Waals surface area contributed by atoms with Crippen LogP contribution in [0.15, 0.2) is 18.2 Å². The lowest BCUT2D eigenvalue weighted by Gasteiger charge is -2.20. The molecule has 0 heterocycles. The predicted molar refractivity (Wildman–Crippen MR) is 66.2 cm³/mol. The van der Waals surface area contributed by atoms with Gasteiger partial charge >= 0.3 is 0 Å². The molecule has 0 unspecified atom stereocenters. The van der Waals surface area contributed by atoms with Crippen LogP contribution in [0.4, 0.5) is 0 Å². The van der Waals surface area contributed by atoms with Crippen LogP contribution in [-0.4, -0.2) is 23.2 Å². The van der Waals surface area contributed by atoms with Gasteiger partial charge in [-0.2, -0.15) is 0 Å². The fraction of sp³-hybridized carbons (Fsp3) is 0.462. The molecule has 1 aromatic carbocycles. The molecular formula is C13H19NO3. The molecule has 1 rings (SSSR count). The lowest BCUT2D eigenvalue weighted by atomic mass is 10.1. The van der Waals surface area contributed by atoms with Crippen LogP contribution in [0, 0.1) is 6.92 Å². The highest BCUT2D eigenvalue weighted by molar-refractivity contribution is 5.78. The number of aromatic hydroxyl groups is 1. The second kappa shape index (κ2) is 5.08. The summed E-state index contributed by atoms with van der Waals surface area (Å²) in [4.78, 5) is 11.5. The maximum absolute atomic E-state index is 11.5. The quantitative estimate of drug-likeness (QED) is 0.845. The average molecular weight is 237 g/mol. The van der Waals surface area contributed by atoms with E-state index in [1.807, 2.05) is 20.8 Å². The van der Waals surface area contributed by atoms with Gasteiger partial charge < -0.3 is 15.2 Å². The van der Waals surface area contributed by atoms with Gasteiger partial charge in [0.05, 0.1) is 0 Å². The van der Waals surface area contributed by atoms with E-state index in [0.717, 1.165) is 0 Å². The standard InChI is InChI=1S/C13H19NO3/c1-9-10(15)6-5-7-11(9)17-8-12(16)14-13(2,3)4/h5-7,15H,8H2,1-4H3,(H,14,16). The summed E-state index contributed by atoms with van der Waals surface area (Å²) in [6.07, 6.45) is 0. The summed E-state index contributed by atoms with van der Waals surface area (Å²) in [6.45, 7) is 7.41. The summed E-state index contributed by atoms with van der Waals surface area (Å²) in [5, 5.41) is 12.3. The van der Waals surface area contributed by atoms with Gasteiger partial charge in [-0.3, -0.25) is 4.79 Å². The van der Waals surface area contributed by atoms with Crippen LogP contribution < -0.4 is 10.1 Å². The Kier molecular flexibility index (Phi) is 3.99. The van der Waals surface area contributed by atoms with Crippen LogP contribution in [-0.2, 0) is 4.79 Å². The average Bonchev–Trinajstić information content (AvgIpc) is 2.18. The van der Waals surface area contributed by atoms with Crippen molar-refractivity contribution in [2.24, 2.45) is 0 Å². The third kappa shape index (κ3) is 4.34. The number of benzene rings is 1. The molecule has 94 valence electrons. The van der Waals surface area contributed by atoms with Gasteiger partial charge in [0.1, 0.15) is 11.5 Å². The van der Waals surface area contributed by atoms with Gasteiger partial charge in [-0.15, -0.1) is 0 Å². The van der Waals surface area contributed by atoms with Crippen molar-refractivity contribution in [3.05, 3.63) is 23.8 Å². The first-order chi connectivity index (χ1) is 7.79. The van der Waals surface area contributed by atoms with E-state index in [9.17, 15) is 9.90 Å². The zero-order chi connectivity index (χ0) is 13.1. The van der Waals surface area contributed by atoms with Crippen molar-refractivity contribution in [3.8, 4) is 11.5 Å². The minimum atomic E-state index is -0.270. The van der Waals surface area contributed by atoms with Gasteiger partial charge in [-0.05, 0) is 39.8 Å². The Balaban J connectivity index is 2.56. The van der Waals surface area contributed by atoms with Gasteiger partial charge in [-0.1, -0.05) is 6.07 Å². The minimum Gasteiger partial charge on any atom is -0.508 e. The molecule has 4 nitrogen and oxygen atoms in total. The lowest BCUT2D eigenvalue weighted by molar-refractivity contribution is -0.124. The molecule has 0 bridgehead atoms. The number of nitrogens with one attached hydrogen (secondary N) is 1. The van der Waals surface area contributed by atoms with Crippen LogP contribution in [0.5, 0.6) is 11.5 Å². The van der Waals surface area contributed by atoms with Gasteiger partial charge in [-0.25, -0.2) is 0 Å². The van der Waals surface area contributed by atoms with Crippen LogP contribution >= 0.6 is 0 Å². The van der Waals surface area contributed by atoms with Crippen molar-refractivity contribution >= 4 is 5.91 Å². The molecule has 0 aromatic heterocycles. The number of carbonyl (C=O) groups is 1. The van der Waals surface area contributed by atoms with E-state index in [0.29, 0.717) is 11.3 Å². The van der Waals surface area contributed by atoms with Crippen molar-refractivity contribution in [1.29, 1.82) is 0 Å². The van der Waals surface area contributed by atoms with E-state index in [-0.39, 0.29) is 23.8 Å². The molecule has 1 aromatic rings. The normalized spacial score (nSPS) is 11.1. The van der Waals surface area contributed by atoms with Gasteiger partial charge in [0.25, 0.3) is 5.91 Å². The summed E-state index contributed by atoms with van der Waals surface area (Å²) in [6, 6.07) is 4.98. The number of rotatable bonds is 3. The molecule has 17 heavy (non-hydrogen) atoms. The highest BCUT2D eigenvalue weighted by Crippen LogP contribution is 2.25. The molecule has 0 fully saturated rings. The first kappa shape index (κ1) is 13.4. The molecule has 2 N–H and O–H groups in total. The number of amides is 1. The van der Waals surface area contributed by atoms with E-state index in [4.69, 9.17) is 4.74 Å². The molecular weight excluding hydrogens is 218 g/mol. The zero-order valence-electron chi connectivity index (χ0n) is 10.7. The smallest absolute Gasteiger partial charge is 0.258 e. The fourth-order valence-electron chi connectivity index (χ4n) is 1.36. The summed E-state index contributed by atoms with van der Waals surface area (Å²) in [7, 11) is 0. The summed E-state index contributed by atoms with van der Waals surface area (Å²) in [5.74, 6) is 0.507. The van der Waals surface area contributed by atoms with Gasteiger partial charge in [0.2, 0.25) is 0 Å². The Hall–Kier alpha value is -1.71. The topological polar surface area (TPSA) is 58.6 Å². The Morgan fingerprint density at radius 2 is 2.06 bits per heavy atom.